The average molecular weight is 347 g/mol. The number of ether oxygens (including phenoxy) is 1. The number of anilines is 1. The first-order valence-electron chi connectivity index (χ1n) is 8.22. The SMILES string of the molecule is C[C@H]1COc2c(N3CCNCC3)c(F)cn3c(=O)c(C(=O)O)cc1c23. The lowest BCUT2D eigenvalue weighted by Crippen LogP contribution is -2.44. The maximum atomic E-state index is 14.9. The maximum absolute atomic E-state index is 14.9. The monoisotopic (exact) mass is 347 g/mol. The lowest BCUT2D eigenvalue weighted by molar-refractivity contribution is 0.0694. The number of piperazine rings is 1. The molecule has 8 heteroatoms. The van der Waals surface area contributed by atoms with Crippen LogP contribution in [-0.2, 0) is 0 Å². The minimum Gasteiger partial charge on any atom is -0.488 e. The number of carbonyl (C=O) groups is 1. The predicted octanol–water partition coefficient (Wildman–Crippen LogP) is 1.04. The van der Waals surface area contributed by atoms with Crippen molar-refractivity contribution in [2.45, 2.75) is 12.8 Å². The molecule has 7 nitrogen and oxygen atoms in total. The molecule has 0 spiro atoms. The van der Waals surface area contributed by atoms with Gasteiger partial charge in [-0.25, -0.2) is 9.18 Å². The van der Waals surface area contributed by atoms with Crippen molar-refractivity contribution in [2.24, 2.45) is 0 Å². The first-order valence-corrected chi connectivity index (χ1v) is 8.22. The zero-order chi connectivity index (χ0) is 17.7. The number of carboxylic acids is 1. The van der Waals surface area contributed by atoms with Gasteiger partial charge in [0.25, 0.3) is 5.56 Å². The van der Waals surface area contributed by atoms with Crippen LogP contribution in [0.3, 0.4) is 0 Å². The van der Waals surface area contributed by atoms with E-state index in [1.807, 2.05) is 11.8 Å². The molecule has 2 aliphatic rings. The molecule has 0 radical (unpaired) electrons. The molecule has 132 valence electrons. The molecule has 1 fully saturated rings. The maximum Gasteiger partial charge on any atom is 0.341 e. The van der Waals surface area contributed by atoms with Gasteiger partial charge < -0.3 is 20.1 Å². The highest BCUT2D eigenvalue weighted by molar-refractivity contribution is 5.90. The van der Waals surface area contributed by atoms with Gasteiger partial charge in [-0.3, -0.25) is 9.20 Å². The summed E-state index contributed by atoms with van der Waals surface area (Å²) in [6.45, 7) is 4.93. The Balaban J connectivity index is 2.06. The van der Waals surface area contributed by atoms with Crippen LogP contribution in [0.1, 0.15) is 28.8 Å². The molecular weight excluding hydrogens is 329 g/mol. The summed E-state index contributed by atoms with van der Waals surface area (Å²) >= 11 is 0. The van der Waals surface area contributed by atoms with Gasteiger partial charge in [0, 0.05) is 32.1 Å². The third kappa shape index (κ3) is 2.36. The Kier molecular flexibility index (Phi) is 3.64. The summed E-state index contributed by atoms with van der Waals surface area (Å²) in [6, 6.07) is 1.40. The van der Waals surface area contributed by atoms with Crippen molar-refractivity contribution < 1.29 is 19.0 Å². The van der Waals surface area contributed by atoms with Crippen molar-refractivity contribution in [1.29, 1.82) is 0 Å². The van der Waals surface area contributed by atoms with E-state index in [1.165, 1.54) is 6.07 Å². The molecule has 0 bridgehead atoms. The van der Waals surface area contributed by atoms with E-state index in [0.717, 1.165) is 23.7 Å². The number of halogens is 1. The number of nitrogens with one attached hydrogen (secondary N) is 1. The number of hydrogen-bond acceptors (Lipinski definition) is 5. The summed E-state index contributed by atoms with van der Waals surface area (Å²) < 4.78 is 21.8. The molecule has 1 saturated heterocycles. The van der Waals surface area contributed by atoms with E-state index in [9.17, 15) is 19.1 Å². The molecular formula is C17H18FN3O4. The summed E-state index contributed by atoms with van der Waals surface area (Å²) in [5, 5.41) is 12.5. The second kappa shape index (κ2) is 5.73. The molecule has 1 atom stereocenters. The number of pyridine rings is 2. The van der Waals surface area contributed by atoms with Crippen molar-refractivity contribution in [3.63, 3.8) is 0 Å². The second-order valence-electron chi connectivity index (χ2n) is 6.45. The molecule has 4 rings (SSSR count). The van der Waals surface area contributed by atoms with Gasteiger partial charge in [0.15, 0.2) is 11.6 Å². The fraction of sp³-hybridized carbons (Fsp3) is 0.412. The summed E-state index contributed by atoms with van der Waals surface area (Å²) in [5.41, 5.74) is 0.382. The van der Waals surface area contributed by atoms with E-state index < -0.39 is 17.3 Å². The van der Waals surface area contributed by atoms with E-state index in [1.54, 1.807) is 0 Å². The smallest absolute Gasteiger partial charge is 0.341 e. The third-order valence-corrected chi connectivity index (χ3v) is 4.83. The van der Waals surface area contributed by atoms with Crippen LogP contribution in [-0.4, -0.2) is 48.3 Å². The predicted molar refractivity (Wildman–Crippen MR) is 89.6 cm³/mol. The van der Waals surface area contributed by atoms with E-state index in [0.29, 0.717) is 42.2 Å². The van der Waals surface area contributed by atoms with Gasteiger partial charge in [0.05, 0.1) is 18.3 Å². The Morgan fingerprint density at radius 3 is 2.80 bits per heavy atom. The summed E-state index contributed by atoms with van der Waals surface area (Å²) in [5.74, 6) is -1.68. The molecule has 2 N–H and O–H groups in total. The van der Waals surface area contributed by atoms with E-state index in [2.05, 4.69) is 5.32 Å². The molecule has 0 aliphatic carbocycles. The van der Waals surface area contributed by atoms with Gasteiger partial charge in [-0.15, -0.1) is 0 Å². The highest BCUT2D eigenvalue weighted by Gasteiger charge is 2.30. The summed E-state index contributed by atoms with van der Waals surface area (Å²) in [6.07, 6.45) is 1.08. The zero-order valence-electron chi connectivity index (χ0n) is 13.7. The fourth-order valence-corrected chi connectivity index (χ4v) is 3.56. The Labute approximate surface area is 142 Å². The largest absolute Gasteiger partial charge is 0.488 e. The Hall–Kier alpha value is -2.61. The van der Waals surface area contributed by atoms with Gasteiger partial charge in [-0.05, 0) is 11.6 Å². The topological polar surface area (TPSA) is 83.3 Å². The van der Waals surface area contributed by atoms with Crippen LogP contribution in [0.4, 0.5) is 10.1 Å². The molecule has 2 aliphatic heterocycles. The van der Waals surface area contributed by atoms with Gasteiger partial charge in [0.1, 0.15) is 11.3 Å². The number of hydrogen-bond donors (Lipinski definition) is 2. The van der Waals surface area contributed by atoms with Crippen LogP contribution >= 0.6 is 0 Å². The standard InChI is InChI=1S/C17H18FN3O4/c1-9-8-25-15-13-10(9)6-11(17(23)24)16(22)21(13)7-12(18)14(15)20-4-2-19-3-5-20/h6-7,9,19H,2-5,8H2,1H3,(H,23,24)/t9-/m0/s1. The van der Waals surface area contributed by atoms with Crippen molar-refractivity contribution in [2.75, 3.05) is 37.7 Å². The van der Waals surface area contributed by atoms with Crippen molar-refractivity contribution >= 4 is 17.2 Å². The second-order valence-corrected chi connectivity index (χ2v) is 6.45. The minimum absolute atomic E-state index is 0.0949. The first kappa shape index (κ1) is 15.9. The number of aromatic carboxylic acids is 1. The lowest BCUT2D eigenvalue weighted by Gasteiger charge is -2.34. The molecule has 0 unspecified atom stereocenters. The molecule has 4 heterocycles. The van der Waals surface area contributed by atoms with E-state index in [4.69, 9.17) is 4.74 Å². The Morgan fingerprint density at radius 2 is 2.12 bits per heavy atom. The number of carboxylic acid groups (broad SMARTS) is 1. The third-order valence-electron chi connectivity index (χ3n) is 4.83. The van der Waals surface area contributed by atoms with Crippen molar-refractivity contribution in [3.8, 4) is 5.75 Å². The number of aromatic nitrogens is 1. The van der Waals surface area contributed by atoms with Crippen LogP contribution in [0.15, 0.2) is 17.1 Å². The molecule has 2 aromatic rings. The Morgan fingerprint density at radius 1 is 1.40 bits per heavy atom. The van der Waals surface area contributed by atoms with Crippen molar-refractivity contribution in [1.82, 2.24) is 9.72 Å². The van der Waals surface area contributed by atoms with Crippen LogP contribution in [0.25, 0.3) is 5.52 Å². The molecule has 25 heavy (non-hydrogen) atoms. The molecule has 0 saturated carbocycles. The van der Waals surface area contributed by atoms with Gasteiger partial charge >= 0.3 is 5.97 Å². The quantitative estimate of drug-likeness (QED) is 0.845. The normalized spacial score (nSPS) is 19.8. The number of nitrogens with zero attached hydrogens (tertiary/aromatic N) is 2. The van der Waals surface area contributed by atoms with Gasteiger partial charge in [-0.2, -0.15) is 0 Å². The fourth-order valence-electron chi connectivity index (χ4n) is 3.56. The molecule has 2 aromatic heterocycles. The highest BCUT2D eigenvalue weighted by Crippen LogP contribution is 2.42. The molecule has 0 aromatic carbocycles. The van der Waals surface area contributed by atoms with Crippen LogP contribution in [0, 0.1) is 5.82 Å². The van der Waals surface area contributed by atoms with E-state index >= 15 is 0 Å². The average Bonchev–Trinajstić information content (AvgIpc) is 2.60. The first-order chi connectivity index (χ1) is 12.0. The highest BCUT2D eigenvalue weighted by atomic mass is 19.1. The van der Waals surface area contributed by atoms with Crippen LogP contribution in [0.5, 0.6) is 5.75 Å². The Bertz CT molecular complexity index is 934. The number of rotatable bonds is 2. The minimum atomic E-state index is -1.32. The van der Waals surface area contributed by atoms with Crippen LogP contribution < -0.4 is 20.5 Å². The lowest BCUT2D eigenvalue weighted by atomic mass is 9.96. The van der Waals surface area contributed by atoms with Crippen LogP contribution in [0.2, 0.25) is 0 Å². The van der Waals surface area contributed by atoms with Gasteiger partial charge in [-0.1, -0.05) is 6.92 Å². The van der Waals surface area contributed by atoms with Crippen molar-refractivity contribution in [3.05, 3.63) is 39.6 Å². The summed E-state index contributed by atoms with van der Waals surface area (Å²) in [4.78, 5) is 25.8. The molecule has 0 amide bonds. The van der Waals surface area contributed by atoms with Gasteiger partial charge in [0.2, 0.25) is 0 Å². The zero-order valence-corrected chi connectivity index (χ0v) is 13.7. The van der Waals surface area contributed by atoms with E-state index in [-0.39, 0.29) is 11.5 Å². The summed E-state index contributed by atoms with van der Waals surface area (Å²) in [7, 11) is 0.